The molecule has 0 bridgehead atoms. The van der Waals surface area contributed by atoms with Crippen LogP contribution in [0.1, 0.15) is 5.56 Å². The Bertz CT molecular complexity index is 752. The molecular formula is C13H10N6S. The van der Waals surface area contributed by atoms with E-state index in [9.17, 15) is 0 Å². The third-order valence-electron chi connectivity index (χ3n) is 2.68. The number of aromatic nitrogens is 5. The molecule has 6 nitrogen and oxygen atoms in total. The van der Waals surface area contributed by atoms with E-state index in [0.29, 0.717) is 22.2 Å². The summed E-state index contributed by atoms with van der Waals surface area (Å²) in [5.74, 6) is 1.05. The number of pyridine rings is 1. The summed E-state index contributed by atoms with van der Waals surface area (Å²) >= 11 is 4.94. The zero-order valence-corrected chi connectivity index (χ0v) is 11.2. The number of benzene rings is 1. The van der Waals surface area contributed by atoms with E-state index in [4.69, 9.17) is 18.0 Å². The summed E-state index contributed by atoms with van der Waals surface area (Å²) in [7, 11) is 0. The van der Waals surface area contributed by atoms with E-state index in [1.54, 1.807) is 18.3 Å². The van der Waals surface area contributed by atoms with Crippen LogP contribution in [0.25, 0.3) is 17.2 Å². The predicted molar refractivity (Wildman–Crippen MR) is 78.3 cm³/mol. The molecule has 3 rings (SSSR count). The monoisotopic (exact) mass is 282 g/mol. The highest BCUT2D eigenvalue weighted by Crippen LogP contribution is 2.13. The number of thiocarbonyl (C=S) groups is 1. The van der Waals surface area contributed by atoms with Gasteiger partial charge in [0, 0.05) is 17.3 Å². The van der Waals surface area contributed by atoms with Crippen molar-refractivity contribution in [1.82, 2.24) is 25.2 Å². The highest BCUT2D eigenvalue weighted by atomic mass is 32.1. The first-order chi connectivity index (χ1) is 9.74. The van der Waals surface area contributed by atoms with Gasteiger partial charge in [-0.2, -0.15) is 0 Å². The molecule has 20 heavy (non-hydrogen) atoms. The van der Waals surface area contributed by atoms with Gasteiger partial charge in [-0.25, -0.2) is 4.98 Å². The third kappa shape index (κ3) is 2.39. The van der Waals surface area contributed by atoms with Gasteiger partial charge >= 0.3 is 0 Å². The van der Waals surface area contributed by atoms with Crippen molar-refractivity contribution in [1.29, 1.82) is 0 Å². The number of nitrogens with two attached hydrogens (primary N) is 1. The van der Waals surface area contributed by atoms with Crippen LogP contribution in [0.4, 0.5) is 0 Å². The molecule has 2 N–H and O–H groups in total. The van der Waals surface area contributed by atoms with Crippen LogP contribution in [-0.2, 0) is 0 Å². The molecule has 0 aliphatic carbocycles. The summed E-state index contributed by atoms with van der Waals surface area (Å²) in [6, 6.07) is 13.1. The van der Waals surface area contributed by atoms with Crippen LogP contribution in [0.15, 0.2) is 48.7 Å². The topological polar surface area (TPSA) is 82.5 Å². The lowest BCUT2D eigenvalue weighted by Crippen LogP contribution is -2.11. The molecule has 0 aliphatic rings. The number of nitrogens with zero attached hydrogens (tertiary/aromatic N) is 5. The number of hydrogen-bond donors (Lipinski definition) is 1. The van der Waals surface area contributed by atoms with Gasteiger partial charge in [-0.15, -0.1) is 15.0 Å². The van der Waals surface area contributed by atoms with Crippen molar-refractivity contribution in [3.05, 3.63) is 54.2 Å². The van der Waals surface area contributed by atoms with Crippen molar-refractivity contribution >= 4 is 17.2 Å². The van der Waals surface area contributed by atoms with Gasteiger partial charge in [-0.05, 0) is 17.3 Å². The van der Waals surface area contributed by atoms with Crippen LogP contribution in [0.2, 0.25) is 0 Å². The van der Waals surface area contributed by atoms with E-state index in [1.807, 2.05) is 30.3 Å². The molecule has 1 aromatic carbocycles. The van der Waals surface area contributed by atoms with Crippen molar-refractivity contribution in [2.75, 3.05) is 0 Å². The van der Waals surface area contributed by atoms with Crippen LogP contribution in [0.5, 0.6) is 0 Å². The minimum absolute atomic E-state index is 0.303. The van der Waals surface area contributed by atoms with Gasteiger partial charge in [0.2, 0.25) is 5.82 Å². The van der Waals surface area contributed by atoms with Crippen LogP contribution in [0, 0.1) is 0 Å². The maximum absolute atomic E-state index is 5.59. The van der Waals surface area contributed by atoms with Crippen molar-refractivity contribution in [3.8, 4) is 17.2 Å². The molecule has 2 aromatic heterocycles. The second-order valence-electron chi connectivity index (χ2n) is 4.04. The molecule has 2 heterocycles. The molecule has 98 valence electrons. The Morgan fingerprint density at radius 2 is 1.95 bits per heavy atom. The maximum atomic E-state index is 5.59. The average molecular weight is 282 g/mol. The van der Waals surface area contributed by atoms with E-state index >= 15 is 0 Å². The molecule has 0 radical (unpaired) electrons. The fourth-order valence-electron chi connectivity index (χ4n) is 1.70. The molecular weight excluding hydrogens is 272 g/mol. The summed E-state index contributed by atoms with van der Waals surface area (Å²) < 4.78 is 0. The fraction of sp³-hybridized carbons (Fsp3) is 0. The summed E-state index contributed by atoms with van der Waals surface area (Å²) in [6.07, 6.45) is 1.61. The zero-order chi connectivity index (χ0) is 13.9. The second kappa shape index (κ2) is 5.14. The smallest absolute Gasteiger partial charge is 0.205 e. The second-order valence-corrected chi connectivity index (χ2v) is 4.48. The van der Waals surface area contributed by atoms with Gasteiger partial charge in [-0.1, -0.05) is 42.5 Å². The molecule has 0 spiro atoms. The van der Waals surface area contributed by atoms with Crippen molar-refractivity contribution in [3.63, 3.8) is 0 Å². The summed E-state index contributed by atoms with van der Waals surface area (Å²) in [4.78, 5) is 5.84. The van der Waals surface area contributed by atoms with Gasteiger partial charge in [0.05, 0.1) is 0 Å². The van der Waals surface area contributed by atoms with Crippen LogP contribution in [0.3, 0.4) is 0 Å². The van der Waals surface area contributed by atoms with Crippen LogP contribution < -0.4 is 5.73 Å². The normalized spacial score (nSPS) is 10.4. The minimum atomic E-state index is 0.303. The Labute approximate surface area is 120 Å². The first kappa shape index (κ1) is 12.4. The first-order valence-corrected chi connectivity index (χ1v) is 6.26. The number of rotatable bonds is 3. The van der Waals surface area contributed by atoms with Crippen LogP contribution in [-0.4, -0.2) is 30.2 Å². The Kier molecular flexibility index (Phi) is 3.18. The molecule has 0 saturated carbocycles. The molecule has 0 aliphatic heterocycles. The lowest BCUT2D eigenvalue weighted by atomic mass is 10.2. The number of hydrogen-bond acceptors (Lipinski definition) is 5. The fourth-order valence-corrected chi connectivity index (χ4v) is 1.82. The summed E-state index contributed by atoms with van der Waals surface area (Å²) in [6.45, 7) is 0. The number of tetrazole rings is 1. The van der Waals surface area contributed by atoms with Crippen molar-refractivity contribution < 1.29 is 0 Å². The Morgan fingerprint density at radius 3 is 2.70 bits per heavy atom. The third-order valence-corrected chi connectivity index (χ3v) is 2.92. The highest BCUT2D eigenvalue weighted by Gasteiger charge is 2.08. The lowest BCUT2D eigenvalue weighted by Gasteiger charge is -2.00. The van der Waals surface area contributed by atoms with Crippen LogP contribution >= 0.6 is 12.2 Å². The van der Waals surface area contributed by atoms with E-state index < -0.39 is 0 Å². The predicted octanol–water partition coefficient (Wildman–Crippen LogP) is 1.36. The van der Waals surface area contributed by atoms with Gasteiger partial charge in [0.25, 0.3) is 0 Å². The quantitative estimate of drug-likeness (QED) is 0.730. The van der Waals surface area contributed by atoms with Gasteiger partial charge in [-0.3, -0.25) is 0 Å². The molecule has 3 aromatic rings. The van der Waals surface area contributed by atoms with Gasteiger partial charge in [0.15, 0.2) is 5.82 Å². The molecule has 0 fully saturated rings. The summed E-state index contributed by atoms with van der Waals surface area (Å²) in [5, 5.41) is 12.3. The highest BCUT2D eigenvalue weighted by molar-refractivity contribution is 7.80. The molecule has 0 atom stereocenters. The zero-order valence-electron chi connectivity index (χ0n) is 10.3. The lowest BCUT2D eigenvalue weighted by molar-refractivity contribution is 0.700. The van der Waals surface area contributed by atoms with E-state index in [-0.39, 0.29) is 0 Å². The van der Waals surface area contributed by atoms with E-state index in [2.05, 4.69) is 20.4 Å². The Hall–Kier alpha value is -2.67. The van der Waals surface area contributed by atoms with Gasteiger partial charge in [0.1, 0.15) is 4.99 Å². The Morgan fingerprint density at radius 1 is 1.15 bits per heavy atom. The van der Waals surface area contributed by atoms with E-state index in [0.717, 1.165) is 5.56 Å². The molecule has 0 amide bonds. The molecule has 7 heteroatoms. The Balaban J connectivity index is 1.98. The van der Waals surface area contributed by atoms with E-state index in [1.165, 1.54) is 4.80 Å². The minimum Gasteiger partial charge on any atom is -0.389 e. The van der Waals surface area contributed by atoms with Gasteiger partial charge < -0.3 is 5.73 Å². The molecule has 0 saturated heterocycles. The van der Waals surface area contributed by atoms with Crippen molar-refractivity contribution in [2.24, 2.45) is 5.73 Å². The first-order valence-electron chi connectivity index (χ1n) is 5.86. The SMILES string of the molecule is NC(=S)c1ccnc(-n2nnc(-c3ccccc3)n2)c1. The average Bonchev–Trinajstić information content (AvgIpc) is 2.98. The molecule has 0 unspecified atom stereocenters. The summed E-state index contributed by atoms with van der Waals surface area (Å²) in [5.41, 5.74) is 7.20. The largest absolute Gasteiger partial charge is 0.389 e. The maximum Gasteiger partial charge on any atom is 0.205 e. The standard InChI is InChI=1S/C13H10N6S/c14-12(20)10-6-7-15-11(8-10)19-17-13(16-18-19)9-4-2-1-3-5-9/h1-8H,(H2,14,20). The van der Waals surface area contributed by atoms with Crippen molar-refractivity contribution in [2.45, 2.75) is 0 Å².